The summed E-state index contributed by atoms with van der Waals surface area (Å²) in [5, 5.41) is 5.55. The fourth-order valence-corrected chi connectivity index (χ4v) is 1.65. The Bertz CT molecular complexity index is 665. The number of ether oxygens (including phenoxy) is 1. The summed E-state index contributed by atoms with van der Waals surface area (Å²) in [4.78, 5) is 27.3. The molecule has 0 saturated carbocycles. The summed E-state index contributed by atoms with van der Waals surface area (Å²) < 4.78 is 42.3. The molecule has 1 aromatic carbocycles. The second-order valence-electron chi connectivity index (χ2n) is 6.27. The Morgan fingerprint density at radius 1 is 1.15 bits per heavy atom. The highest BCUT2D eigenvalue weighted by atomic mass is 19.4. The Labute approximate surface area is 148 Å². The molecule has 0 aliphatic heterocycles. The number of nitrogens with zero attached hydrogens (tertiary/aromatic N) is 1. The van der Waals surface area contributed by atoms with E-state index in [1.807, 2.05) is 0 Å². The van der Waals surface area contributed by atoms with Gasteiger partial charge >= 0.3 is 18.2 Å². The largest absolute Gasteiger partial charge is 0.444 e. The standard InChI is InChI=1S/C16H20F3N3O4/c1-15(2,3)25-14(24)21-9-13(23)26-22-12(20)8-10-4-6-11(7-5-10)16(17,18)19/h4-7H,8-9H2,1-3H3,(H2,20,22)(H,21,24). The topological polar surface area (TPSA) is 103 Å². The van der Waals surface area contributed by atoms with Gasteiger partial charge in [-0.05, 0) is 38.5 Å². The van der Waals surface area contributed by atoms with Crippen molar-refractivity contribution in [2.45, 2.75) is 39.0 Å². The molecule has 26 heavy (non-hydrogen) atoms. The zero-order valence-corrected chi connectivity index (χ0v) is 14.5. The van der Waals surface area contributed by atoms with Crippen LogP contribution in [0.2, 0.25) is 0 Å². The van der Waals surface area contributed by atoms with Crippen molar-refractivity contribution in [3.63, 3.8) is 0 Å². The van der Waals surface area contributed by atoms with Crippen molar-refractivity contribution < 1.29 is 32.3 Å². The number of hydrogen-bond acceptors (Lipinski definition) is 5. The highest BCUT2D eigenvalue weighted by Gasteiger charge is 2.29. The Morgan fingerprint density at radius 3 is 2.23 bits per heavy atom. The predicted octanol–water partition coefficient (Wildman–Crippen LogP) is 2.59. The molecule has 1 rings (SSSR count). The highest BCUT2D eigenvalue weighted by Crippen LogP contribution is 2.29. The third-order valence-electron chi connectivity index (χ3n) is 2.71. The average Bonchev–Trinajstić information content (AvgIpc) is 2.49. The molecule has 0 aromatic heterocycles. The van der Waals surface area contributed by atoms with Crippen molar-refractivity contribution in [3.05, 3.63) is 35.4 Å². The van der Waals surface area contributed by atoms with E-state index in [-0.39, 0.29) is 12.3 Å². The number of amidine groups is 1. The van der Waals surface area contributed by atoms with Gasteiger partial charge in [-0.1, -0.05) is 17.3 Å². The number of oxime groups is 1. The molecule has 0 fully saturated rings. The van der Waals surface area contributed by atoms with Gasteiger partial charge in [-0.25, -0.2) is 9.59 Å². The molecule has 0 saturated heterocycles. The number of nitrogens with one attached hydrogen (secondary N) is 1. The second kappa shape index (κ2) is 8.54. The summed E-state index contributed by atoms with van der Waals surface area (Å²) in [5.74, 6) is -0.999. The van der Waals surface area contributed by atoms with E-state index in [9.17, 15) is 22.8 Å². The summed E-state index contributed by atoms with van der Waals surface area (Å²) in [6.07, 6.45) is -5.23. The highest BCUT2D eigenvalue weighted by molar-refractivity contribution is 5.83. The van der Waals surface area contributed by atoms with Crippen LogP contribution in [0, 0.1) is 0 Å². The van der Waals surface area contributed by atoms with Crippen LogP contribution < -0.4 is 11.1 Å². The van der Waals surface area contributed by atoms with Crippen LogP contribution in [0.15, 0.2) is 29.4 Å². The van der Waals surface area contributed by atoms with E-state index in [0.29, 0.717) is 5.56 Å². The van der Waals surface area contributed by atoms with E-state index in [2.05, 4.69) is 15.3 Å². The van der Waals surface area contributed by atoms with Crippen LogP contribution in [0.5, 0.6) is 0 Å². The number of carbonyl (C=O) groups excluding carboxylic acids is 2. The smallest absolute Gasteiger partial charge is 0.416 e. The lowest BCUT2D eigenvalue weighted by Gasteiger charge is -2.19. The maximum absolute atomic E-state index is 12.5. The quantitative estimate of drug-likeness (QED) is 0.356. The van der Waals surface area contributed by atoms with Crippen molar-refractivity contribution in [1.29, 1.82) is 0 Å². The minimum absolute atomic E-state index is 0.00902. The molecule has 10 heteroatoms. The van der Waals surface area contributed by atoms with Gasteiger partial charge in [0.25, 0.3) is 0 Å². The molecule has 0 aliphatic rings. The first-order chi connectivity index (χ1) is 11.9. The second-order valence-corrected chi connectivity index (χ2v) is 6.27. The fraction of sp³-hybridized carbons (Fsp3) is 0.438. The number of alkyl halides is 3. The van der Waals surface area contributed by atoms with Crippen molar-refractivity contribution in [2.24, 2.45) is 10.9 Å². The molecular weight excluding hydrogens is 355 g/mol. The fourth-order valence-electron chi connectivity index (χ4n) is 1.65. The van der Waals surface area contributed by atoms with E-state index in [4.69, 9.17) is 10.5 Å². The minimum atomic E-state index is -4.42. The van der Waals surface area contributed by atoms with Gasteiger partial charge in [0.05, 0.1) is 5.56 Å². The van der Waals surface area contributed by atoms with Gasteiger partial charge in [0, 0.05) is 6.42 Å². The Morgan fingerprint density at radius 2 is 1.73 bits per heavy atom. The van der Waals surface area contributed by atoms with Crippen LogP contribution in [0.25, 0.3) is 0 Å². The number of halogens is 3. The molecule has 0 unspecified atom stereocenters. The zero-order chi connectivity index (χ0) is 20.0. The maximum Gasteiger partial charge on any atom is 0.416 e. The molecule has 7 nitrogen and oxygen atoms in total. The third kappa shape index (κ3) is 8.36. The van der Waals surface area contributed by atoms with Crippen molar-refractivity contribution in [1.82, 2.24) is 5.32 Å². The van der Waals surface area contributed by atoms with E-state index in [1.165, 1.54) is 12.1 Å². The van der Waals surface area contributed by atoms with Gasteiger partial charge in [-0.3, -0.25) is 0 Å². The normalized spacial score (nSPS) is 12.5. The molecule has 0 spiro atoms. The molecular formula is C16H20F3N3O4. The van der Waals surface area contributed by atoms with Crippen LogP contribution in [0.1, 0.15) is 31.9 Å². The molecule has 1 aromatic rings. The lowest BCUT2D eigenvalue weighted by atomic mass is 10.1. The summed E-state index contributed by atoms with van der Waals surface area (Å²) >= 11 is 0. The number of rotatable bonds is 5. The van der Waals surface area contributed by atoms with Gasteiger partial charge < -0.3 is 20.6 Å². The number of benzene rings is 1. The lowest BCUT2D eigenvalue weighted by molar-refractivity contribution is -0.142. The summed E-state index contributed by atoms with van der Waals surface area (Å²) in [7, 11) is 0. The molecule has 144 valence electrons. The van der Waals surface area contributed by atoms with Crippen LogP contribution in [-0.2, 0) is 27.0 Å². The third-order valence-corrected chi connectivity index (χ3v) is 2.71. The van der Waals surface area contributed by atoms with E-state index in [0.717, 1.165) is 12.1 Å². The van der Waals surface area contributed by atoms with Crippen LogP contribution in [0.4, 0.5) is 18.0 Å². The molecule has 0 radical (unpaired) electrons. The van der Waals surface area contributed by atoms with Crippen molar-refractivity contribution in [2.75, 3.05) is 6.54 Å². The molecule has 0 heterocycles. The number of nitrogens with two attached hydrogens (primary N) is 1. The first-order valence-electron chi connectivity index (χ1n) is 7.52. The molecule has 1 amide bonds. The van der Waals surface area contributed by atoms with Gasteiger partial charge in [-0.2, -0.15) is 13.2 Å². The first kappa shape index (κ1) is 21.3. The monoisotopic (exact) mass is 375 g/mol. The Balaban J connectivity index is 2.45. The first-order valence-corrected chi connectivity index (χ1v) is 7.52. The Hall–Kier alpha value is -2.78. The van der Waals surface area contributed by atoms with E-state index >= 15 is 0 Å². The van der Waals surface area contributed by atoms with Crippen LogP contribution in [0.3, 0.4) is 0 Å². The van der Waals surface area contributed by atoms with Gasteiger partial charge in [0.2, 0.25) is 0 Å². The summed E-state index contributed by atoms with van der Waals surface area (Å²) in [6, 6.07) is 4.33. The van der Waals surface area contributed by atoms with E-state index < -0.39 is 35.9 Å². The molecule has 0 bridgehead atoms. The lowest BCUT2D eigenvalue weighted by Crippen LogP contribution is -2.35. The number of amides is 1. The SMILES string of the molecule is CC(C)(C)OC(=O)NCC(=O)O/N=C(\N)Cc1ccc(C(F)(F)F)cc1. The zero-order valence-electron chi connectivity index (χ0n) is 14.5. The molecule has 0 atom stereocenters. The predicted molar refractivity (Wildman–Crippen MR) is 87.1 cm³/mol. The van der Waals surface area contributed by atoms with Gasteiger partial charge in [-0.15, -0.1) is 0 Å². The van der Waals surface area contributed by atoms with Crippen molar-refractivity contribution >= 4 is 17.9 Å². The van der Waals surface area contributed by atoms with Gasteiger partial charge in [0.1, 0.15) is 18.0 Å². The number of alkyl carbamates (subject to hydrolysis) is 1. The van der Waals surface area contributed by atoms with Crippen LogP contribution in [-0.4, -0.2) is 30.0 Å². The minimum Gasteiger partial charge on any atom is -0.444 e. The van der Waals surface area contributed by atoms with Gasteiger partial charge in [0.15, 0.2) is 0 Å². The van der Waals surface area contributed by atoms with Crippen molar-refractivity contribution in [3.8, 4) is 0 Å². The summed E-state index contributed by atoms with van der Waals surface area (Å²) in [6.45, 7) is 4.51. The molecule has 0 aliphatic carbocycles. The summed E-state index contributed by atoms with van der Waals surface area (Å²) in [5.41, 5.74) is 4.52. The van der Waals surface area contributed by atoms with E-state index in [1.54, 1.807) is 20.8 Å². The van der Waals surface area contributed by atoms with Crippen LogP contribution >= 0.6 is 0 Å². The number of carbonyl (C=O) groups is 2. The maximum atomic E-state index is 12.5. The average molecular weight is 375 g/mol. The number of hydrogen-bond donors (Lipinski definition) is 2. The Kier molecular flexibility index (Phi) is 6.99. The molecule has 3 N–H and O–H groups in total.